The van der Waals surface area contributed by atoms with Crippen molar-refractivity contribution >= 4 is 0 Å². The Bertz CT molecular complexity index is 205. The minimum atomic E-state index is 0.867. The summed E-state index contributed by atoms with van der Waals surface area (Å²) < 4.78 is 0. The Morgan fingerprint density at radius 1 is 1.12 bits per heavy atom. The van der Waals surface area contributed by atoms with Gasteiger partial charge in [0.25, 0.3) is 0 Å². The van der Waals surface area contributed by atoms with E-state index in [2.05, 4.69) is 24.2 Å². The first-order chi connectivity index (χ1) is 7.83. The molecule has 1 saturated carbocycles. The smallest absolute Gasteiger partial charge is 0.0124 e. The lowest BCUT2D eigenvalue weighted by molar-refractivity contribution is 0.0723. The Labute approximate surface area is 101 Å². The zero-order valence-corrected chi connectivity index (χ0v) is 11.0. The summed E-state index contributed by atoms with van der Waals surface area (Å²) in [6.07, 6.45) is 10.0. The van der Waals surface area contributed by atoms with Gasteiger partial charge < -0.3 is 5.32 Å². The summed E-state index contributed by atoms with van der Waals surface area (Å²) >= 11 is 0. The molecule has 94 valence electrons. The number of rotatable bonds is 4. The Morgan fingerprint density at radius 2 is 2.00 bits per heavy atom. The van der Waals surface area contributed by atoms with E-state index < -0.39 is 0 Å². The minimum absolute atomic E-state index is 0.867. The first-order valence-corrected chi connectivity index (χ1v) is 7.23. The van der Waals surface area contributed by atoms with E-state index in [0.29, 0.717) is 0 Å². The number of hydrogen-bond acceptors (Lipinski definition) is 2. The monoisotopic (exact) mass is 224 g/mol. The van der Waals surface area contributed by atoms with Gasteiger partial charge in [0.1, 0.15) is 0 Å². The second kappa shape index (κ2) is 6.02. The average Bonchev–Trinajstić information content (AvgIpc) is 2.73. The summed E-state index contributed by atoms with van der Waals surface area (Å²) in [6, 6.07) is 1.77. The van der Waals surface area contributed by atoms with Crippen molar-refractivity contribution in [2.75, 3.05) is 20.1 Å². The third-order valence-corrected chi connectivity index (χ3v) is 4.64. The normalized spacial score (nSPS) is 36.8. The summed E-state index contributed by atoms with van der Waals surface area (Å²) in [7, 11) is 2.07. The molecule has 0 amide bonds. The molecule has 3 atom stereocenters. The molecular formula is C14H28N2. The van der Waals surface area contributed by atoms with E-state index in [4.69, 9.17) is 0 Å². The van der Waals surface area contributed by atoms with Crippen LogP contribution in [0.2, 0.25) is 0 Å². The second-order valence-electron chi connectivity index (χ2n) is 5.76. The molecule has 2 rings (SSSR count). The highest BCUT2D eigenvalue weighted by Crippen LogP contribution is 2.34. The van der Waals surface area contributed by atoms with E-state index in [-0.39, 0.29) is 0 Å². The molecule has 0 aromatic rings. The van der Waals surface area contributed by atoms with Crippen LogP contribution in [0.4, 0.5) is 0 Å². The highest BCUT2D eigenvalue weighted by atomic mass is 15.2. The highest BCUT2D eigenvalue weighted by molar-refractivity contribution is 4.89. The van der Waals surface area contributed by atoms with Crippen LogP contribution in [0, 0.1) is 5.92 Å². The lowest BCUT2D eigenvalue weighted by Crippen LogP contribution is -2.48. The number of nitrogens with one attached hydrogen (secondary N) is 1. The molecule has 3 unspecified atom stereocenters. The van der Waals surface area contributed by atoms with E-state index in [1.807, 2.05) is 0 Å². The van der Waals surface area contributed by atoms with Gasteiger partial charge in [-0.2, -0.15) is 0 Å². The quantitative estimate of drug-likeness (QED) is 0.790. The zero-order chi connectivity index (χ0) is 11.4. The number of nitrogens with zero attached hydrogens (tertiary/aromatic N) is 1. The van der Waals surface area contributed by atoms with Crippen LogP contribution in [0.3, 0.4) is 0 Å². The molecule has 1 aliphatic heterocycles. The van der Waals surface area contributed by atoms with Crippen LogP contribution < -0.4 is 5.32 Å². The van der Waals surface area contributed by atoms with Gasteiger partial charge in [-0.15, -0.1) is 0 Å². The summed E-state index contributed by atoms with van der Waals surface area (Å²) in [6.45, 7) is 5.01. The van der Waals surface area contributed by atoms with Crippen LogP contribution in [0.1, 0.15) is 51.9 Å². The molecular weight excluding hydrogens is 196 g/mol. The molecule has 0 spiro atoms. The molecule has 0 aromatic carbocycles. The fourth-order valence-electron chi connectivity index (χ4n) is 3.70. The Kier molecular flexibility index (Phi) is 4.66. The summed E-state index contributed by atoms with van der Waals surface area (Å²) in [5.74, 6) is 0.940. The van der Waals surface area contributed by atoms with Crippen molar-refractivity contribution < 1.29 is 0 Å². The molecule has 0 aromatic heterocycles. The molecule has 2 aliphatic rings. The lowest BCUT2D eigenvalue weighted by Gasteiger charge is -2.41. The van der Waals surface area contributed by atoms with Crippen LogP contribution in [-0.4, -0.2) is 37.1 Å². The van der Waals surface area contributed by atoms with Crippen molar-refractivity contribution in [2.45, 2.75) is 64.0 Å². The van der Waals surface area contributed by atoms with Gasteiger partial charge in [-0.1, -0.05) is 19.8 Å². The summed E-state index contributed by atoms with van der Waals surface area (Å²) in [4.78, 5) is 2.86. The van der Waals surface area contributed by atoms with E-state index in [0.717, 1.165) is 18.0 Å². The van der Waals surface area contributed by atoms with Gasteiger partial charge in [0.05, 0.1) is 0 Å². The van der Waals surface area contributed by atoms with E-state index in [1.165, 1.54) is 58.0 Å². The molecule has 0 bridgehead atoms. The van der Waals surface area contributed by atoms with Crippen molar-refractivity contribution in [3.05, 3.63) is 0 Å². The van der Waals surface area contributed by atoms with Gasteiger partial charge in [0.2, 0.25) is 0 Å². The Morgan fingerprint density at radius 3 is 2.69 bits per heavy atom. The number of likely N-dealkylation sites (tertiary alicyclic amines) is 1. The predicted molar refractivity (Wildman–Crippen MR) is 69.7 cm³/mol. The van der Waals surface area contributed by atoms with E-state index >= 15 is 0 Å². The predicted octanol–water partition coefficient (Wildman–Crippen LogP) is 2.64. The standard InChI is InChI=1S/C14H28N2/c1-12-6-5-8-14(12)16-11-4-3-7-13(16)9-10-15-2/h12-15H,3-11H2,1-2H3. The molecule has 1 N–H and O–H groups in total. The van der Waals surface area contributed by atoms with Crippen LogP contribution in [0.5, 0.6) is 0 Å². The molecule has 16 heavy (non-hydrogen) atoms. The Hall–Kier alpha value is -0.0800. The van der Waals surface area contributed by atoms with Gasteiger partial charge in [0, 0.05) is 12.1 Å². The van der Waals surface area contributed by atoms with Crippen LogP contribution in [0.25, 0.3) is 0 Å². The maximum atomic E-state index is 3.31. The fraction of sp³-hybridized carbons (Fsp3) is 1.00. The first-order valence-electron chi connectivity index (χ1n) is 7.23. The zero-order valence-electron chi connectivity index (χ0n) is 11.0. The van der Waals surface area contributed by atoms with Crippen LogP contribution in [-0.2, 0) is 0 Å². The van der Waals surface area contributed by atoms with Gasteiger partial charge in [-0.05, 0) is 58.2 Å². The molecule has 2 nitrogen and oxygen atoms in total. The van der Waals surface area contributed by atoms with Gasteiger partial charge in [-0.3, -0.25) is 4.90 Å². The molecule has 0 radical (unpaired) electrons. The van der Waals surface area contributed by atoms with Gasteiger partial charge >= 0.3 is 0 Å². The second-order valence-corrected chi connectivity index (χ2v) is 5.76. The van der Waals surface area contributed by atoms with Gasteiger partial charge in [0.15, 0.2) is 0 Å². The van der Waals surface area contributed by atoms with E-state index in [1.54, 1.807) is 0 Å². The number of piperidine rings is 1. The van der Waals surface area contributed by atoms with Crippen molar-refractivity contribution in [3.63, 3.8) is 0 Å². The molecule has 2 heteroatoms. The first kappa shape index (κ1) is 12.4. The lowest BCUT2D eigenvalue weighted by atomic mass is 9.94. The van der Waals surface area contributed by atoms with Crippen molar-refractivity contribution in [2.24, 2.45) is 5.92 Å². The molecule has 1 heterocycles. The maximum Gasteiger partial charge on any atom is 0.0124 e. The van der Waals surface area contributed by atoms with Crippen LogP contribution in [0.15, 0.2) is 0 Å². The topological polar surface area (TPSA) is 15.3 Å². The average molecular weight is 224 g/mol. The molecule has 2 fully saturated rings. The van der Waals surface area contributed by atoms with E-state index in [9.17, 15) is 0 Å². The Balaban J connectivity index is 1.92. The third-order valence-electron chi connectivity index (χ3n) is 4.64. The molecule has 1 aliphatic carbocycles. The SMILES string of the molecule is CNCCC1CCCCN1C1CCCC1C. The third kappa shape index (κ3) is 2.78. The highest BCUT2D eigenvalue weighted by Gasteiger charge is 2.34. The van der Waals surface area contributed by atoms with Crippen molar-refractivity contribution in [1.82, 2.24) is 10.2 Å². The summed E-state index contributed by atoms with van der Waals surface area (Å²) in [5, 5.41) is 3.31. The number of hydrogen-bond donors (Lipinski definition) is 1. The largest absolute Gasteiger partial charge is 0.320 e. The maximum absolute atomic E-state index is 3.31. The van der Waals surface area contributed by atoms with Crippen molar-refractivity contribution in [3.8, 4) is 0 Å². The van der Waals surface area contributed by atoms with Gasteiger partial charge in [-0.25, -0.2) is 0 Å². The van der Waals surface area contributed by atoms with Crippen LogP contribution >= 0.6 is 0 Å². The summed E-state index contributed by atoms with van der Waals surface area (Å²) in [5.41, 5.74) is 0. The van der Waals surface area contributed by atoms with Crippen molar-refractivity contribution in [1.29, 1.82) is 0 Å². The molecule has 1 saturated heterocycles. The minimum Gasteiger partial charge on any atom is -0.320 e. The fourth-order valence-corrected chi connectivity index (χ4v) is 3.70.